The Hall–Kier alpha value is -3.28. The van der Waals surface area contributed by atoms with Crippen molar-refractivity contribution in [3.63, 3.8) is 0 Å². The summed E-state index contributed by atoms with van der Waals surface area (Å²) in [6.45, 7) is 0.508. The first-order valence-electron chi connectivity index (χ1n) is 8.38. The van der Waals surface area contributed by atoms with E-state index in [-0.39, 0.29) is 12.5 Å². The molecule has 2 aromatic carbocycles. The van der Waals surface area contributed by atoms with Gasteiger partial charge < -0.3 is 14.8 Å². The minimum atomic E-state index is -0.163. The highest BCUT2D eigenvalue weighted by molar-refractivity contribution is 5.77. The number of carbonyl (C=O) groups excluding carboxylic acids is 1. The van der Waals surface area contributed by atoms with Gasteiger partial charge in [-0.25, -0.2) is 4.68 Å². The SMILES string of the molecule is COc1ccccc1OCC(=O)NCCc1ccc(-n2cccn2)cc1. The molecule has 0 saturated heterocycles. The summed E-state index contributed by atoms with van der Waals surface area (Å²) in [6, 6.07) is 17.2. The lowest BCUT2D eigenvalue weighted by Gasteiger charge is -2.10. The number of nitrogens with one attached hydrogen (secondary N) is 1. The molecule has 0 aliphatic carbocycles. The van der Waals surface area contributed by atoms with Crippen molar-refractivity contribution in [3.8, 4) is 17.2 Å². The number of carbonyl (C=O) groups is 1. The number of benzene rings is 2. The first-order valence-corrected chi connectivity index (χ1v) is 8.38. The second-order valence-electron chi connectivity index (χ2n) is 5.66. The number of aromatic nitrogens is 2. The van der Waals surface area contributed by atoms with Gasteiger partial charge in [0.15, 0.2) is 18.1 Å². The van der Waals surface area contributed by atoms with E-state index in [1.165, 1.54) is 0 Å². The second-order valence-corrected chi connectivity index (χ2v) is 5.66. The quantitative estimate of drug-likeness (QED) is 0.677. The van der Waals surface area contributed by atoms with Crippen molar-refractivity contribution in [1.82, 2.24) is 15.1 Å². The molecule has 1 amide bonds. The molecule has 0 atom stereocenters. The van der Waals surface area contributed by atoms with Gasteiger partial charge in [-0.05, 0) is 42.3 Å². The number of hydrogen-bond donors (Lipinski definition) is 1. The van der Waals surface area contributed by atoms with E-state index < -0.39 is 0 Å². The maximum Gasteiger partial charge on any atom is 0.257 e. The fourth-order valence-electron chi connectivity index (χ4n) is 2.52. The lowest BCUT2D eigenvalue weighted by atomic mass is 10.1. The molecule has 0 aliphatic heterocycles. The van der Waals surface area contributed by atoms with E-state index in [4.69, 9.17) is 9.47 Å². The number of para-hydroxylation sites is 2. The smallest absolute Gasteiger partial charge is 0.257 e. The first-order chi connectivity index (χ1) is 12.8. The van der Waals surface area contributed by atoms with Crippen molar-refractivity contribution in [2.45, 2.75) is 6.42 Å². The Morgan fingerprint density at radius 2 is 1.85 bits per heavy atom. The molecule has 0 unspecified atom stereocenters. The van der Waals surface area contributed by atoms with Crippen molar-refractivity contribution in [2.75, 3.05) is 20.3 Å². The fraction of sp³-hybridized carbons (Fsp3) is 0.200. The third kappa shape index (κ3) is 4.63. The van der Waals surface area contributed by atoms with E-state index in [0.717, 1.165) is 17.7 Å². The highest BCUT2D eigenvalue weighted by Crippen LogP contribution is 2.25. The minimum Gasteiger partial charge on any atom is -0.493 e. The van der Waals surface area contributed by atoms with Crippen molar-refractivity contribution in [2.24, 2.45) is 0 Å². The van der Waals surface area contributed by atoms with Crippen LogP contribution < -0.4 is 14.8 Å². The Bertz CT molecular complexity index is 830. The Kier molecular flexibility index (Phi) is 5.88. The maximum absolute atomic E-state index is 11.9. The zero-order valence-corrected chi connectivity index (χ0v) is 14.6. The molecule has 0 radical (unpaired) electrons. The number of nitrogens with zero attached hydrogens (tertiary/aromatic N) is 2. The molecule has 6 heteroatoms. The van der Waals surface area contributed by atoms with Crippen molar-refractivity contribution in [3.05, 3.63) is 72.6 Å². The molecular weight excluding hydrogens is 330 g/mol. The van der Waals surface area contributed by atoms with Crippen LogP contribution in [0.2, 0.25) is 0 Å². The van der Waals surface area contributed by atoms with Gasteiger partial charge in [0.25, 0.3) is 5.91 Å². The topological polar surface area (TPSA) is 65.4 Å². The van der Waals surface area contributed by atoms with Crippen LogP contribution in [0.5, 0.6) is 11.5 Å². The molecule has 134 valence electrons. The highest BCUT2D eigenvalue weighted by Gasteiger charge is 2.06. The van der Waals surface area contributed by atoms with Crippen molar-refractivity contribution in [1.29, 1.82) is 0 Å². The molecule has 26 heavy (non-hydrogen) atoms. The predicted molar refractivity (Wildman–Crippen MR) is 98.8 cm³/mol. The number of hydrogen-bond acceptors (Lipinski definition) is 4. The summed E-state index contributed by atoms with van der Waals surface area (Å²) in [5.41, 5.74) is 2.15. The normalized spacial score (nSPS) is 10.3. The van der Waals surface area contributed by atoms with Crippen LogP contribution in [0.3, 0.4) is 0 Å². The van der Waals surface area contributed by atoms with Crippen LogP contribution >= 0.6 is 0 Å². The number of ether oxygens (including phenoxy) is 2. The summed E-state index contributed by atoms with van der Waals surface area (Å²) < 4.78 is 12.5. The van der Waals surface area contributed by atoms with E-state index in [1.54, 1.807) is 30.1 Å². The van der Waals surface area contributed by atoms with E-state index >= 15 is 0 Å². The van der Waals surface area contributed by atoms with E-state index in [2.05, 4.69) is 10.4 Å². The minimum absolute atomic E-state index is 0.0430. The van der Waals surface area contributed by atoms with Gasteiger partial charge in [-0.15, -0.1) is 0 Å². The molecule has 0 saturated carbocycles. The van der Waals surface area contributed by atoms with Crippen LogP contribution in [0.4, 0.5) is 0 Å². The number of amides is 1. The van der Waals surface area contributed by atoms with E-state index in [1.807, 2.05) is 48.7 Å². The summed E-state index contributed by atoms with van der Waals surface area (Å²) in [6.07, 6.45) is 4.40. The van der Waals surface area contributed by atoms with Crippen molar-refractivity contribution >= 4 is 5.91 Å². The van der Waals surface area contributed by atoms with E-state index in [9.17, 15) is 4.79 Å². The standard InChI is InChI=1S/C20H21N3O3/c1-25-18-5-2-3-6-19(18)26-15-20(24)21-13-11-16-7-9-17(10-8-16)23-14-4-12-22-23/h2-10,12,14H,11,13,15H2,1H3,(H,21,24). The number of methoxy groups -OCH3 is 1. The molecule has 1 N–H and O–H groups in total. The maximum atomic E-state index is 11.9. The molecular formula is C20H21N3O3. The molecule has 0 fully saturated rings. The van der Waals surface area contributed by atoms with Gasteiger partial charge in [0, 0.05) is 18.9 Å². The van der Waals surface area contributed by atoms with Gasteiger partial charge in [-0.1, -0.05) is 24.3 Å². The third-order valence-corrected chi connectivity index (χ3v) is 3.87. The fourth-order valence-corrected chi connectivity index (χ4v) is 2.52. The van der Waals surface area contributed by atoms with Crippen molar-refractivity contribution < 1.29 is 14.3 Å². The Balaban J connectivity index is 1.42. The highest BCUT2D eigenvalue weighted by atomic mass is 16.5. The van der Waals surface area contributed by atoms with Gasteiger partial charge in [0.1, 0.15) is 0 Å². The summed E-state index contributed by atoms with van der Waals surface area (Å²) in [7, 11) is 1.57. The second kappa shape index (κ2) is 8.71. The first kappa shape index (κ1) is 17.5. The summed E-state index contributed by atoms with van der Waals surface area (Å²) in [5.74, 6) is 1.00. The Morgan fingerprint density at radius 3 is 2.54 bits per heavy atom. The Labute approximate surface area is 152 Å². The largest absolute Gasteiger partial charge is 0.493 e. The molecule has 0 spiro atoms. The lowest BCUT2D eigenvalue weighted by molar-refractivity contribution is -0.123. The van der Waals surface area contributed by atoms with Gasteiger partial charge in [-0.3, -0.25) is 4.79 Å². The van der Waals surface area contributed by atoms with E-state index in [0.29, 0.717) is 18.0 Å². The van der Waals surface area contributed by atoms with Crippen LogP contribution in [0.15, 0.2) is 67.0 Å². The summed E-state index contributed by atoms with van der Waals surface area (Å²) >= 11 is 0. The lowest BCUT2D eigenvalue weighted by Crippen LogP contribution is -2.30. The van der Waals surface area contributed by atoms with Gasteiger partial charge in [0.05, 0.1) is 12.8 Å². The van der Waals surface area contributed by atoms with Crippen LogP contribution in [0.25, 0.3) is 5.69 Å². The Morgan fingerprint density at radius 1 is 1.08 bits per heavy atom. The average molecular weight is 351 g/mol. The predicted octanol–water partition coefficient (Wildman–Crippen LogP) is 2.62. The monoisotopic (exact) mass is 351 g/mol. The molecule has 1 heterocycles. The average Bonchev–Trinajstić information content (AvgIpc) is 3.22. The van der Waals surface area contributed by atoms with Crippen LogP contribution in [0, 0.1) is 0 Å². The molecule has 3 rings (SSSR count). The van der Waals surface area contributed by atoms with Gasteiger partial charge in [0.2, 0.25) is 0 Å². The van der Waals surface area contributed by atoms with Crippen LogP contribution in [-0.4, -0.2) is 35.9 Å². The number of rotatable bonds is 8. The van der Waals surface area contributed by atoms with Crippen LogP contribution in [0.1, 0.15) is 5.56 Å². The molecule has 0 aliphatic rings. The molecule has 6 nitrogen and oxygen atoms in total. The zero-order chi connectivity index (χ0) is 18.2. The molecule has 3 aromatic rings. The molecule has 0 bridgehead atoms. The summed E-state index contributed by atoms with van der Waals surface area (Å²) in [5, 5.41) is 7.05. The van der Waals surface area contributed by atoms with Gasteiger partial charge in [-0.2, -0.15) is 5.10 Å². The van der Waals surface area contributed by atoms with Crippen LogP contribution in [-0.2, 0) is 11.2 Å². The zero-order valence-electron chi connectivity index (χ0n) is 14.6. The summed E-state index contributed by atoms with van der Waals surface area (Å²) in [4.78, 5) is 11.9. The third-order valence-electron chi connectivity index (χ3n) is 3.87. The molecule has 1 aromatic heterocycles. The van der Waals surface area contributed by atoms with Gasteiger partial charge >= 0.3 is 0 Å².